The lowest BCUT2D eigenvalue weighted by Gasteiger charge is -2.22. The molecule has 8 nitrogen and oxygen atoms in total. The van der Waals surface area contributed by atoms with Crippen molar-refractivity contribution >= 4 is 29.3 Å². The third-order valence-electron chi connectivity index (χ3n) is 4.98. The van der Waals surface area contributed by atoms with Crippen LogP contribution in [0.15, 0.2) is 24.3 Å². The van der Waals surface area contributed by atoms with Crippen LogP contribution in [0.2, 0.25) is 0 Å². The number of hydrogen-bond acceptors (Lipinski definition) is 5. The Kier molecular flexibility index (Phi) is 8.95. The van der Waals surface area contributed by atoms with Crippen LogP contribution < -0.4 is 20.9 Å². The minimum absolute atomic E-state index is 0.131. The van der Waals surface area contributed by atoms with Crippen molar-refractivity contribution in [2.45, 2.75) is 58.5 Å². The first-order valence-corrected chi connectivity index (χ1v) is 10.6. The molecule has 1 aromatic carbocycles. The molecule has 30 heavy (non-hydrogen) atoms. The molecule has 1 fully saturated rings. The molecule has 1 saturated heterocycles. The molecule has 2 rings (SSSR count). The molecule has 3 amide bonds. The number of methoxy groups -OCH3 is 1. The maximum absolute atomic E-state index is 12.6. The number of nitrogens with zero attached hydrogens (tertiary/aromatic N) is 1. The van der Waals surface area contributed by atoms with Gasteiger partial charge in [0.25, 0.3) is 0 Å². The van der Waals surface area contributed by atoms with E-state index in [0.29, 0.717) is 6.42 Å². The van der Waals surface area contributed by atoms with Gasteiger partial charge in [0.2, 0.25) is 11.8 Å². The van der Waals surface area contributed by atoms with Gasteiger partial charge in [0.05, 0.1) is 7.11 Å². The Bertz CT molecular complexity index is 732. The highest BCUT2D eigenvalue weighted by molar-refractivity contribution is 5.92. The number of anilines is 2. The van der Waals surface area contributed by atoms with Gasteiger partial charge in [0.15, 0.2) is 0 Å². The van der Waals surface area contributed by atoms with Crippen molar-refractivity contribution < 1.29 is 19.1 Å². The van der Waals surface area contributed by atoms with Gasteiger partial charge in [-0.25, -0.2) is 4.79 Å². The molecule has 1 aliphatic heterocycles. The summed E-state index contributed by atoms with van der Waals surface area (Å²) in [5.41, 5.74) is 1.85. The largest absolute Gasteiger partial charge is 0.453 e. The smallest absolute Gasteiger partial charge is 0.407 e. The summed E-state index contributed by atoms with van der Waals surface area (Å²) in [4.78, 5) is 38.8. The third-order valence-corrected chi connectivity index (χ3v) is 4.98. The first-order chi connectivity index (χ1) is 14.3. The van der Waals surface area contributed by atoms with Crippen LogP contribution in [0, 0.1) is 5.92 Å². The highest BCUT2D eigenvalue weighted by Crippen LogP contribution is 2.23. The summed E-state index contributed by atoms with van der Waals surface area (Å²) in [6, 6.07) is 6.73. The first-order valence-electron chi connectivity index (χ1n) is 10.6. The van der Waals surface area contributed by atoms with Crippen molar-refractivity contribution in [1.29, 1.82) is 0 Å². The molecule has 2 unspecified atom stereocenters. The second-order valence-corrected chi connectivity index (χ2v) is 8.22. The highest BCUT2D eigenvalue weighted by Gasteiger charge is 2.24. The van der Waals surface area contributed by atoms with Crippen molar-refractivity contribution in [3.63, 3.8) is 0 Å². The van der Waals surface area contributed by atoms with Crippen LogP contribution in [0.4, 0.5) is 16.2 Å². The summed E-state index contributed by atoms with van der Waals surface area (Å²) in [6.07, 6.45) is 2.33. The fraction of sp³-hybridized carbons (Fsp3) is 0.591. The van der Waals surface area contributed by atoms with E-state index in [1.54, 1.807) is 6.92 Å². The van der Waals surface area contributed by atoms with Gasteiger partial charge < -0.3 is 25.6 Å². The van der Waals surface area contributed by atoms with Crippen molar-refractivity contribution in [3.8, 4) is 0 Å². The zero-order chi connectivity index (χ0) is 22.1. The molecular weight excluding hydrogens is 384 g/mol. The minimum atomic E-state index is -0.708. The summed E-state index contributed by atoms with van der Waals surface area (Å²) in [7, 11) is 1.26. The molecule has 1 heterocycles. The highest BCUT2D eigenvalue weighted by atomic mass is 16.5. The van der Waals surface area contributed by atoms with Crippen LogP contribution in [0.5, 0.6) is 0 Å². The molecule has 0 bridgehead atoms. The van der Waals surface area contributed by atoms with Gasteiger partial charge in [-0.05, 0) is 50.3 Å². The number of rotatable bonds is 9. The molecule has 166 valence electrons. The quantitative estimate of drug-likeness (QED) is 0.573. The van der Waals surface area contributed by atoms with Crippen LogP contribution in [0.1, 0.15) is 46.5 Å². The summed E-state index contributed by atoms with van der Waals surface area (Å²) >= 11 is 0. The zero-order valence-electron chi connectivity index (χ0n) is 18.4. The SMILES string of the molecule is COC(=O)NC(CC(C)C)C(=O)NC(C)CC(=O)Nc1cccc(N2CCCC2)c1. The molecule has 0 radical (unpaired) electrons. The normalized spacial score (nSPS) is 15.4. The summed E-state index contributed by atoms with van der Waals surface area (Å²) in [6.45, 7) is 7.77. The molecule has 0 saturated carbocycles. The Morgan fingerprint density at radius 2 is 1.80 bits per heavy atom. The van der Waals surface area contributed by atoms with Crippen molar-refractivity contribution in [1.82, 2.24) is 10.6 Å². The van der Waals surface area contributed by atoms with E-state index in [9.17, 15) is 14.4 Å². The molecule has 2 atom stereocenters. The molecule has 8 heteroatoms. The first kappa shape index (κ1) is 23.5. The van der Waals surface area contributed by atoms with Crippen LogP contribution in [-0.4, -0.2) is 50.2 Å². The average molecular weight is 419 g/mol. The Morgan fingerprint density at radius 3 is 2.43 bits per heavy atom. The lowest BCUT2D eigenvalue weighted by Crippen LogP contribution is -2.50. The Hall–Kier alpha value is -2.77. The molecule has 0 aliphatic carbocycles. The number of ether oxygens (including phenoxy) is 1. The topological polar surface area (TPSA) is 99.8 Å². The number of carbonyl (C=O) groups is 3. The van der Waals surface area contributed by atoms with Crippen LogP contribution in [0.3, 0.4) is 0 Å². The van der Waals surface area contributed by atoms with Gasteiger partial charge in [-0.1, -0.05) is 19.9 Å². The molecule has 3 N–H and O–H groups in total. The minimum Gasteiger partial charge on any atom is -0.453 e. The van der Waals surface area contributed by atoms with Crippen LogP contribution in [-0.2, 0) is 14.3 Å². The van der Waals surface area contributed by atoms with E-state index in [0.717, 1.165) is 24.5 Å². The van der Waals surface area contributed by atoms with Crippen LogP contribution >= 0.6 is 0 Å². The summed E-state index contributed by atoms with van der Waals surface area (Å²) in [5, 5.41) is 8.27. The van der Waals surface area contributed by atoms with Gasteiger partial charge in [0.1, 0.15) is 6.04 Å². The Morgan fingerprint density at radius 1 is 1.10 bits per heavy atom. The number of alkyl carbamates (subject to hydrolysis) is 1. The Labute approximate surface area is 178 Å². The lowest BCUT2D eigenvalue weighted by atomic mass is 10.0. The zero-order valence-corrected chi connectivity index (χ0v) is 18.4. The summed E-state index contributed by atoms with van der Waals surface area (Å²) in [5.74, 6) is -0.299. The van der Waals surface area contributed by atoms with Crippen molar-refractivity contribution in [2.75, 3.05) is 30.4 Å². The van der Waals surface area contributed by atoms with Crippen molar-refractivity contribution in [2.24, 2.45) is 5.92 Å². The Balaban J connectivity index is 1.87. The van der Waals surface area contributed by atoms with E-state index in [1.807, 2.05) is 38.1 Å². The predicted molar refractivity (Wildman–Crippen MR) is 118 cm³/mol. The van der Waals surface area contributed by atoms with E-state index in [2.05, 4.69) is 25.6 Å². The van der Waals surface area contributed by atoms with Gasteiger partial charge in [-0.2, -0.15) is 0 Å². The van der Waals surface area contributed by atoms with E-state index >= 15 is 0 Å². The average Bonchev–Trinajstić information content (AvgIpc) is 3.21. The van der Waals surface area contributed by atoms with E-state index in [1.165, 1.54) is 20.0 Å². The lowest BCUT2D eigenvalue weighted by molar-refractivity contribution is -0.124. The fourth-order valence-electron chi connectivity index (χ4n) is 3.54. The third kappa shape index (κ3) is 7.57. The number of hydrogen-bond donors (Lipinski definition) is 3. The standard InChI is InChI=1S/C22H34N4O4/c1-15(2)12-19(25-22(29)30-4)21(28)23-16(3)13-20(27)24-17-8-7-9-18(14-17)26-10-5-6-11-26/h7-9,14-16,19H,5-6,10-13H2,1-4H3,(H,23,28)(H,24,27)(H,25,29). The predicted octanol–water partition coefficient (Wildman–Crippen LogP) is 2.89. The number of nitrogens with one attached hydrogen (secondary N) is 3. The monoisotopic (exact) mass is 418 g/mol. The van der Waals surface area contributed by atoms with Crippen LogP contribution in [0.25, 0.3) is 0 Å². The number of carbonyl (C=O) groups excluding carboxylic acids is 3. The molecule has 0 aromatic heterocycles. The summed E-state index contributed by atoms with van der Waals surface area (Å²) < 4.78 is 4.60. The molecule has 0 spiro atoms. The van der Waals surface area contributed by atoms with Gasteiger partial charge in [-0.3, -0.25) is 9.59 Å². The fourth-order valence-corrected chi connectivity index (χ4v) is 3.54. The van der Waals surface area contributed by atoms with Gasteiger partial charge >= 0.3 is 6.09 Å². The number of benzene rings is 1. The van der Waals surface area contributed by atoms with E-state index in [-0.39, 0.29) is 30.2 Å². The molecular formula is C22H34N4O4. The maximum Gasteiger partial charge on any atom is 0.407 e. The molecule has 1 aliphatic rings. The molecule has 1 aromatic rings. The van der Waals surface area contributed by atoms with E-state index < -0.39 is 12.1 Å². The second-order valence-electron chi connectivity index (χ2n) is 8.22. The van der Waals surface area contributed by atoms with Gasteiger partial charge in [0, 0.05) is 36.9 Å². The second kappa shape index (κ2) is 11.4. The van der Waals surface area contributed by atoms with Crippen molar-refractivity contribution in [3.05, 3.63) is 24.3 Å². The maximum atomic E-state index is 12.6. The van der Waals surface area contributed by atoms with Gasteiger partial charge in [-0.15, -0.1) is 0 Å². The van der Waals surface area contributed by atoms with E-state index in [4.69, 9.17) is 0 Å². The number of amides is 3.